The molecule has 9 aromatic carbocycles. The van der Waals surface area contributed by atoms with Crippen LogP contribution in [0, 0.1) is 0 Å². The summed E-state index contributed by atoms with van der Waals surface area (Å²) in [5.74, 6) is 1.96. The fourth-order valence-electron chi connectivity index (χ4n) is 9.87. The van der Waals surface area contributed by atoms with E-state index in [1.54, 1.807) is 22.7 Å². The molecule has 5 aromatic heterocycles. The summed E-state index contributed by atoms with van der Waals surface area (Å²) in [6, 6.07) is 68.9. The van der Waals surface area contributed by atoms with E-state index < -0.39 is 0 Å². The second-order valence-corrected chi connectivity index (χ2v) is 18.4. The highest BCUT2D eigenvalue weighted by Crippen LogP contribution is 2.45. The number of aromatic nitrogens is 4. The lowest BCUT2D eigenvalue weighted by molar-refractivity contribution is 0.668. The van der Waals surface area contributed by atoms with Gasteiger partial charge in [0.15, 0.2) is 17.5 Å². The summed E-state index contributed by atoms with van der Waals surface area (Å²) in [5, 5.41) is 9.36. The standard InChI is InChI=1S/C57H32N4OS2/c1-2-13-33(14-3-1)55-58-56(41-19-11-25-50-53(41)40-17-6-9-24-48(40)63-50)60-57(59-55)42-20-12-26-51-54(42)43-31-34(27-30-49(43)64-51)36-18-10-23-46-52(36)39-29-28-35(32-47(39)62-46)61-44-21-7-4-15-37(44)38-16-5-8-22-45(38)61/h1-32H. The van der Waals surface area contributed by atoms with E-state index in [0.717, 1.165) is 60.8 Å². The Labute approximate surface area is 373 Å². The lowest BCUT2D eigenvalue weighted by atomic mass is 9.97. The summed E-state index contributed by atoms with van der Waals surface area (Å²) < 4.78 is 13.9. The maximum Gasteiger partial charge on any atom is 0.164 e. The second kappa shape index (κ2) is 13.8. The Morgan fingerprint density at radius 2 is 0.922 bits per heavy atom. The lowest BCUT2D eigenvalue weighted by Crippen LogP contribution is -2.00. The molecule has 298 valence electrons. The van der Waals surface area contributed by atoms with Gasteiger partial charge in [-0.25, -0.2) is 15.0 Å². The van der Waals surface area contributed by atoms with Crippen LogP contribution in [0.4, 0.5) is 0 Å². The third-order valence-corrected chi connectivity index (χ3v) is 14.9. The number of para-hydroxylation sites is 2. The molecule has 64 heavy (non-hydrogen) atoms. The maximum absolute atomic E-state index is 6.70. The van der Waals surface area contributed by atoms with Crippen molar-refractivity contribution >= 4 is 107 Å². The van der Waals surface area contributed by atoms with Gasteiger partial charge in [0.25, 0.3) is 0 Å². The zero-order valence-corrected chi connectivity index (χ0v) is 35.6. The van der Waals surface area contributed by atoms with Crippen molar-refractivity contribution in [3.05, 3.63) is 194 Å². The van der Waals surface area contributed by atoms with Crippen molar-refractivity contribution in [2.45, 2.75) is 0 Å². The summed E-state index contributed by atoms with van der Waals surface area (Å²) >= 11 is 3.60. The zero-order chi connectivity index (χ0) is 41.9. The Kier molecular flexibility index (Phi) is 7.66. The van der Waals surface area contributed by atoms with Crippen LogP contribution < -0.4 is 0 Å². The molecule has 0 bridgehead atoms. The Hall–Kier alpha value is -7.97. The average Bonchev–Trinajstić information content (AvgIpc) is 4.12. The van der Waals surface area contributed by atoms with Gasteiger partial charge in [-0.15, -0.1) is 22.7 Å². The molecule has 0 aliphatic heterocycles. The summed E-state index contributed by atoms with van der Waals surface area (Å²) in [7, 11) is 0. The van der Waals surface area contributed by atoms with Crippen LogP contribution in [0.5, 0.6) is 0 Å². The highest BCUT2D eigenvalue weighted by molar-refractivity contribution is 7.26. The molecule has 0 amide bonds. The van der Waals surface area contributed by atoms with Crippen LogP contribution in [-0.4, -0.2) is 19.5 Å². The van der Waals surface area contributed by atoms with E-state index in [2.05, 4.69) is 180 Å². The van der Waals surface area contributed by atoms with E-state index in [9.17, 15) is 0 Å². The van der Waals surface area contributed by atoms with E-state index in [0.29, 0.717) is 17.5 Å². The van der Waals surface area contributed by atoms with Gasteiger partial charge < -0.3 is 8.98 Å². The smallest absolute Gasteiger partial charge is 0.164 e. The monoisotopic (exact) mass is 852 g/mol. The van der Waals surface area contributed by atoms with Crippen LogP contribution in [-0.2, 0) is 0 Å². The number of hydrogen-bond donors (Lipinski definition) is 0. The highest BCUT2D eigenvalue weighted by atomic mass is 32.1. The Morgan fingerprint density at radius 1 is 0.344 bits per heavy atom. The molecule has 0 fully saturated rings. The van der Waals surface area contributed by atoms with Crippen LogP contribution in [0.25, 0.3) is 135 Å². The number of fused-ring (bicyclic) bond motifs is 12. The first kappa shape index (κ1) is 35.6. The molecule has 0 saturated carbocycles. The Bertz CT molecular complexity index is 4160. The molecule has 0 aliphatic rings. The fourth-order valence-corrected chi connectivity index (χ4v) is 12.1. The Morgan fingerprint density at radius 3 is 1.66 bits per heavy atom. The largest absolute Gasteiger partial charge is 0.456 e. The number of furan rings is 1. The van der Waals surface area contributed by atoms with Gasteiger partial charge in [-0.3, -0.25) is 0 Å². The van der Waals surface area contributed by atoms with E-state index in [1.165, 1.54) is 56.8 Å². The highest BCUT2D eigenvalue weighted by Gasteiger charge is 2.21. The van der Waals surface area contributed by atoms with Crippen LogP contribution >= 0.6 is 22.7 Å². The molecule has 14 rings (SSSR count). The van der Waals surface area contributed by atoms with Gasteiger partial charge in [-0.2, -0.15) is 0 Å². The summed E-state index contributed by atoms with van der Waals surface area (Å²) in [4.78, 5) is 15.8. The van der Waals surface area contributed by atoms with Crippen molar-refractivity contribution < 1.29 is 4.42 Å². The molecule has 0 atom stereocenters. The van der Waals surface area contributed by atoms with Gasteiger partial charge in [-0.05, 0) is 71.8 Å². The SMILES string of the molecule is c1ccc(-c2nc(-c3cccc4sc5ccccc5c34)nc(-c3cccc4sc5ccc(-c6cccc7oc8cc(-n9c%10ccccc%10c%10ccccc%109)ccc8c67)cc5c34)n2)cc1. The zero-order valence-electron chi connectivity index (χ0n) is 34.0. The molecule has 5 heterocycles. The molecule has 0 spiro atoms. The Balaban J connectivity index is 0.948. The average molecular weight is 853 g/mol. The lowest BCUT2D eigenvalue weighted by Gasteiger charge is -2.11. The normalized spacial score (nSPS) is 12.1. The molecular weight excluding hydrogens is 821 g/mol. The first-order valence-electron chi connectivity index (χ1n) is 21.3. The van der Waals surface area contributed by atoms with Gasteiger partial charge in [0.05, 0.1) is 11.0 Å². The summed E-state index contributed by atoms with van der Waals surface area (Å²) in [6.45, 7) is 0. The van der Waals surface area contributed by atoms with Crippen LogP contribution in [0.2, 0.25) is 0 Å². The first-order chi connectivity index (χ1) is 31.7. The number of nitrogens with zero attached hydrogens (tertiary/aromatic N) is 4. The molecule has 0 saturated heterocycles. The summed E-state index contributed by atoms with van der Waals surface area (Å²) in [6.07, 6.45) is 0. The molecule has 0 N–H and O–H groups in total. The van der Waals surface area contributed by atoms with Crippen molar-refractivity contribution in [3.8, 4) is 51.0 Å². The third-order valence-electron chi connectivity index (χ3n) is 12.7. The predicted molar refractivity (Wildman–Crippen MR) is 269 cm³/mol. The molecule has 0 radical (unpaired) electrons. The van der Waals surface area contributed by atoms with Crippen molar-refractivity contribution in [2.24, 2.45) is 0 Å². The number of thiophene rings is 2. The number of rotatable bonds is 5. The minimum atomic E-state index is 0.647. The fraction of sp³-hybridized carbons (Fsp3) is 0. The minimum Gasteiger partial charge on any atom is -0.456 e. The van der Waals surface area contributed by atoms with Gasteiger partial charge in [0, 0.05) is 90.3 Å². The topological polar surface area (TPSA) is 56.7 Å². The molecule has 14 aromatic rings. The minimum absolute atomic E-state index is 0.647. The first-order valence-corrected chi connectivity index (χ1v) is 23.0. The van der Waals surface area contributed by atoms with Gasteiger partial charge in [-0.1, -0.05) is 127 Å². The van der Waals surface area contributed by atoms with Gasteiger partial charge >= 0.3 is 0 Å². The second-order valence-electron chi connectivity index (χ2n) is 16.3. The quantitative estimate of drug-likeness (QED) is 0.173. The van der Waals surface area contributed by atoms with Gasteiger partial charge in [0.2, 0.25) is 0 Å². The van der Waals surface area contributed by atoms with E-state index >= 15 is 0 Å². The third kappa shape index (κ3) is 5.32. The van der Waals surface area contributed by atoms with E-state index in [-0.39, 0.29) is 0 Å². The van der Waals surface area contributed by atoms with E-state index in [4.69, 9.17) is 19.4 Å². The molecule has 0 unspecified atom stereocenters. The maximum atomic E-state index is 6.70. The van der Waals surface area contributed by atoms with Crippen molar-refractivity contribution in [3.63, 3.8) is 0 Å². The van der Waals surface area contributed by atoms with Crippen molar-refractivity contribution in [1.29, 1.82) is 0 Å². The molecule has 7 heteroatoms. The van der Waals surface area contributed by atoms with Crippen LogP contribution in [0.3, 0.4) is 0 Å². The number of hydrogen-bond acceptors (Lipinski definition) is 6. The number of benzene rings is 9. The van der Waals surface area contributed by atoms with E-state index in [1.807, 2.05) is 18.2 Å². The summed E-state index contributed by atoms with van der Waals surface area (Å²) in [5.41, 5.74) is 10.3. The van der Waals surface area contributed by atoms with Crippen molar-refractivity contribution in [1.82, 2.24) is 19.5 Å². The molecular formula is C57H32N4OS2. The van der Waals surface area contributed by atoms with Crippen LogP contribution in [0.1, 0.15) is 0 Å². The van der Waals surface area contributed by atoms with Crippen molar-refractivity contribution in [2.75, 3.05) is 0 Å². The van der Waals surface area contributed by atoms with Gasteiger partial charge in [0.1, 0.15) is 11.2 Å². The van der Waals surface area contributed by atoms with Crippen LogP contribution in [0.15, 0.2) is 199 Å². The molecule has 5 nitrogen and oxygen atoms in total. The predicted octanol–water partition coefficient (Wildman–Crippen LogP) is 16.3. The molecule has 0 aliphatic carbocycles.